The van der Waals surface area contributed by atoms with Gasteiger partial charge in [-0.2, -0.15) is 10.2 Å². The molecule has 3 N–H and O–H groups in total. The molecule has 2 amide bonds. The number of amides is 2. The number of methoxy groups -OCH3 is 1. The molecule has 0 aliphatic carbocycles. The van der Waals surface area contributed by atoms with Crippen LogP contribution in [0.4, 0.5) is 5.82 Å². The average Bonchev–Trinajstić information content (AvgIpc) is 3.36. The normalized spacial score (nSPS) is 15.6. The van der Waals surface area contributed by atoms with Crippen molar-refractivity contribution in [1.82, 2.24) is 25.3 Å². The number of hydrogen-bond donors (Lipinski definition) is 3. The van der Waals surface area contributed by atoms with Gasteiger partial charge < -0.3 is 15.4 Å². The Balaban J connectivity index is 1.78. The number of benzene rings is 1. The molecular weight excluding hydrogens is 360 g/mol. The molecule has 144 valence electrons. The Morgan fingerprint density at radius 2 is 2.29 bits per heavy atom. The Bertz CT molecular complexity index is 1020. The van der Waals surface area contributed by atoms with E-state index in [0.29, 0.717) is 23.6 Å². The lowest BCUT2D eigenvalue weighted by molar-refractivity contribution is -0.116. The minimum absolute atomic E-state index is 0.142. The number of carbonyl (C=O) groups excluding carboxylic acids is 2. The van der Waals surface area contributed by atoms with E-state index < -0.39 is 0 Å². The maximum Gasteiger partial charge on any atom is 0.269 e. The minimum Gasteiger partial charge on any atom is -0.496 e. The fourth-order valence-electron chi connectivity index (χ4n) is 3.55. The molecule has 0 bridgehead atoms. The summed E-state index contributed by atoms with van der Waals surface area (Å²) >= 11 is 0. The summed E-state index contributed by atoms with van der Waals surface area (Å²) < 4.78 is 7.29. The zero-order valence-electron chi connectivity index (χ0n) is 15.5. The number of nitrogens with one attached hydrogen (secondary N) is 3. The monoisotopic (exact) mass is 380 g/mol. The first-order valence-corrected chi connectivity index (χ1v) is 8.85. The van der Waals surface area contributed by atoms with Crippen LogP contribution >= 0.6 is 0 Å². The van der Waals surface area contributed by atoms with Gasteiger partial charge in [-0.1, -0.05) is 6.07 Å². The molecule has 1 aromatic carbocycles. The van der Waals surface area contributed by atoms with Gasteiger partial charge in [-0.15, -0.1) is 0 Å². The fraction of sp³-hybridized carbons (Fsp3) is 0.263. The second-order valence-electron chi connectivity index (χ2n) is 6.52. The van der Waals surface area contributed by atoms with Crippen LogP contribution in [0, 0.1) is 0 Å². The topological polar surface area (TPSA) is 114 Å². The van der Waals surface area contributed by atoms with E-state index in [1.807, 2.05) is 30.5 Å². The number of nitrogens with zero attached hydrogens (tertiary/aromatic N) is 3. The second-order valence-corrected chi connectivity index (χ2v) is 6.52. The highest BCUT2D eigenvalue weighted by Crippen LogP contribution is 2.39. The molecule has 0 fully saturated rings. The van der Waals surface area contributed by atoms with E-state index in [0.717, 1.165) is 16.9 Å². The van der Waals surface area contributed by atoms with Gasteiger partial charge in [0.05, 0.1) is 13.7 Å². The van der Waals surface area contributed by atoms with Gasteiger partial charge in [-0.3, -0.25) is 19.4 Å². The van der Waals surface area contributed by atoms with Crippen LogP contribution in [-0.2, 0) is 11.3 Å². The van der Waals surface area contributed by atoms with E-state index in [1.54, 1.807) is 25.0 Å². The predicted octanol–water partition coefficient (Wildman–Crippen LogP) is 1.50. The van der Waals surface area contributed by atoms with E-state index in [9.17, 15) is 9.59 Å². The van der Waals surface area contributed by atoms with Crippen LogP contribution in [0.5, 0.6) is 5.75 Å². The number of fused-ring (bicyclic) bond motifs is 1. The van der Waals surface area contributed by atoms with Crippen LogP contribution in [0.3, 0.4) is 0 Å². The first-order chi connectivity index (χ1) is 13.6. The number of anilines is 1. The van der Waals surface area contributed by atoms with Gasteiger partial charge in [-0.25, -0.2) is 0 Å². The smallest absolute Gasteiger partial charge is 0.269 e. The van der Waals surface area contributed by atoms with E-state index in [1.165, 1.54) is 0 Å². The average molecular weight is 380 g/mol. The second kappa shape index (κ2) is 7.18. The number of H-pyrrole nitrogens is 1. The Labute approximate surface area is 161 Å². The lowest BCUT2D eigenvalue weighted by Crippen LogP contribution is -2.26. The molecule has 28 heavy (non-hydrogen) atoms. The van der Waals surface area contributed by atoms with E-state index >= 15 is 0 Å². The highest BCUT2D eigenvalue weighted by Gasteiger charge is 2.33. The van der Waals surface area contributed by atoms with Gasteiger partial charge in [0.2, 0.25) is 5.91 Å². The van der Waals surface area contributed by atoms with Crippen LogP contribution in [0.2, 0.25) is 0 Å². The van der Waals surface area contributed by atoms with Crippen molar-refractivity contribution in [3.05, 3.63) is 59.0 Å². The zero-order chi connectivity index (χ0) is 19.7. The van der Waals surface area contributed by atoms with Gasteiger partial charge in [0.25, 0.3) is 5.91 Å². The molecular formula is C19H20N6O3. The third-order valence-electron chi connectivity index (χ3n) is 4.85. The van der Waals surface area contributed by atoms with E-state index in [4.69, 9.17) is 4.74 Å². The van der Waals surface area contributed by atoms with Crippen molar-refractivity contribution in [2.24, 2.45) is 0 Å². The Kier molecular flexibility index (Phi) is 4.56. The molecule has 9 nitrogen and oxygen atoms in total. The lowest BCUT2D eigenvalue weighted by atomic mass is 9.84. The maximum absolute atomic E-state index is 12.3. The van der Waals surface area contributed by atoms with E-state index in [-0.39, 0.29) is 24.2 Å². The number of hydrogen-bond acceptors (Lipinski definition) is 5. The number of aromatic amines is 1. The molecule has 1 unspecified atom stereocenters. The summed E-state index contributed by atoms with van der Waals surface area (Å²) in [6.45, 7) is 0.531. The lowest BCUT2D eigenvalue weighted by Gasteiger charge is -2.24. The largest absolute Gasteiger partial charge is 0.496 e. The van der Waals surface area contributed by atoms with E-state index in [2.05, 4.69) is 25.9 Å². The van der Waals surface area contributed by atoms with Crippen LogP contribution in [0.1, 0.15) is 39.5 Å². The number of aromatic nitrogens is 4. The molecule has 3 heterocycles. The first-order valence-electron chi connectivity index (χ1n) is 8.85. The minimum atomic E-state index is -0.294. The molecule has 1 atom stereocenters. The quantitative estimate of drug-likeness (QED) is 0.621. The van der Waals surface area contributed by atoms with Crippen molar-refractivity contribution in [3.8, 4) is 5.75 Å². The Morgan fingerprint density at radius 1 is 1.43 bits per heavy atom. The van der Waals surface area contributed by atoms with Crippen molar-refractivity contribution in [1.29, 1.82) is 0 Å². The summed E-state index contributed by atoms with van der Waals surface area (Å²) in [6, 6.07) is 7.64. The van der Waals surface area contributed by atoms with Crippen LogP contribution < -0.4 is 15.4 Å². The van der Waals surface area contributed by atoms with Gasteiger partial charge in [0.1, 0.15) is 11.4 Å². The van der Waals surface area contributed by atoms with Crippen molar-refractivity contribution in [3.63, 3.8) is 0 Å². The van der Waals surface area contributed by atoms with Gasteiger partial charge in [0, 0.05) is 42.9 Å². The van der Waals surface area contributed by atoms with Crippen LogP contribution in [-0.4, -0.2) is 45.9 Å². The highest BCUT2D eigenvalue weighted by molar-refractivity contribution is 6.00. The molecule has 3 aromatic rings. The molecule has 0 saturated heterocycles. The molecule has 2 aromatic heterocycles. The Hall–Kier alpha value is -3.62. The molecule has 0 saturated carbocycles. The number of ether oxygens (including phenoxy) is 1. The molecule has 0 radical (unpaired) electrons. The third-order valence-corrected chi connectivity index (χ3v) is 4.85. The number of carbonyl (C=O) groups is 2. The van der Waals surface area contributed by atoms with Gasteiger partial charge >= 0.3 is 0 Å². The van der Waals surface area contributed by atoms with Gasteiger partial charge in [0.15, 0.2) is 5.82 Å². The highest BCUT2D eigenvalue weighted by atomic mass is 16.5. The van der Waals surface area contributed by atoms with Gasteiger partial charge in [-0.05, 0) is 23.8 Å². The third kappa shape index (κ3) is 3.11. The Morgan fingerprint density at radius 3 is 3.00 bits per heavy atom. The van der Waals surface area contributed by atoms with Crippen molar-refractivity contribution in [2.75, 3.05) is 19.5 Å². The summed E-state index contributed by atoms with van der Waals surface area (Å²) in [5.41, 5.74) is 2.88. The SMILES string of the molecule is CNC(=O)c1[nH]nc2c1C(c1ccc(OC)c(Cn3cccn3)c1)CC(=O)N2. The molecule has 1 aliphatic heterocycles. The summed E-state index contributed by atoms with van der Waals surface area (Å²) in [4.78, 5) is 24.5. The molecule has 0 spiro atoms. The summed E-state index contributed by atoms with van der Waals surface area (Å²) in [7, 11) is 3.18. The van der Waals surface area contributed by atoms with Crippen molar-refractivity contribution >= 4 is 17.6 Å². The zero-order valence-corrected chi connectivity index (χ0v) is 15.5. The summed E-state index contributed by atoms with van der Waals surface area (Å²) in [6.07, 6.45) is 3.82. The first kappa shape index (κ1) is 17.8. The molecule has 4 rings (SSSR count). The maximum atomic E-state index is 12.3. The summed E-state index contributed by atoms with van der Waals surface area (Å²) in [5, 5.41) is 16.4. The summed E-state index contributed by atoms with van der Waals surface area (Å²) in [5.74, 6) is 0.414. The fourth-order valence-corrected chi connectivity index (χ4v) is 3.55. The van der Waals surface area contributed by atoms with Crippen molar-refractivity contribution < 1.29 is 14.3 Å². The molecule has 1 aliphatic rings. The molecule has 9 heteroatoms. The predicted molar refractivity (Wildman–Crippen MR) is 101 cm³/mol. The van der Waals surface area contributed by atoms with Crippen molar-refractivity contribution in [2.45, 2.75) is 18.9 Å². The number of rotatable bonds is 5. The standard InChI is InChI=1S/C19H20N6O3/c1-20-19(27)17-16-13(9-15(26)22-18(16)24-23-17)11-4-5-14(28-2)12(8-11)10-25-7-3-6-21-25/h3-8,13H,9-10H2,1-2H3,(H,20,27)(H2,22,23,24,26). The van der Waals surface area contributed by atoms with Crippen LogP contribution in [0.15, 0.2) is 36.7 Å². The van der Waals surface area contributed by atoms with Crippen LogP contribution in [0.25, 0.3) is 0 Å².